The van der Waals surface area contributed by atoms with Crippen molar-refractivity contribution in [2.75, 3.05) is 5.75 Å². The molecule has 1 saturated carbocycles. The lowest BCUT2D eigenvalue weighted by molar-refractivity contribution is 0.0944. The summed E-state index contributed by atoms with van der Waals surface area (Å²) in [6.45, 7) is 0.198. The molecule has 3 aromatic rings. The van der Waals surface area contributed by atoms with Gasteiger partial charge < -0.3 is 5.32 Å². The van der Waals surface area contributed by atoms with E-state index in [-0.39, 0.29) is 18.3 Å². The Kier molecular flexibility index (Phi) is 6.74. The van der Waals surface area contributed by atoms with Gasteiger partial charge in [-0.15, -0.1) is 10.2 Å². The second-order valence-electron chi connectivity index (χ2n) is 7.42. The monoisotopic (exact) mass is 425 g/mol. The van der Waals surface area contributed by atoms with Crippen LogP contribution in [0.15, 0.2) is 53.8 Å². The molecule has 30 heavy (non-hydrogen) atoms. The third-order valence-electron chi connectivity index (χ3n) is 5.26. The molecule has 0 atom stereocenters. The van der Waals surface area contributed by atoms with Gasteiger partial charge in [-0.25, -0.2) is 4.39 Å². The van der Waals surface area contributed by atoms with Crippen LogP contribution < -0.4 is 5.32 Å². The van der Waals surface area contributed by atoms with E-state index in [2.05, 4.69) is 20.5 Å². The number of amides is 1. The number of hydrogen-bond donors (Lipinski definition) is 1. The molecule has 0 aliphatic heterocycles. The van der Waals surface area contributed by atoms with E-state index in [0.717, 1.165) is 16.6 Å². The Morgan fingerprint density at radius 2 is 1.90 bits per heavy atom. The van der Waals surface area contributed by atoms with Crippen molar-refractivity contribution in [3.8, 4) is 5.69 Å². The molecule has 2 aromatic heterocycles. The van der Waals surface area contributed by atoms with Crippen LogP contribution in [0.25, 0.3) is 5.69 Å². The molecule has 0 unspecified atom stereocenters. The van der Waals surface area contributed by atoms with Gasteiger partial charge in [0.1, 0.15) is 11.5 Å². The van der Waals surface area contributed by atoms with E-state index in [1.54, 1.807) is 48.3 Å². The van der Waals surface area contributed by atoms with Crippen molar-refractivity contribution in [3.63, 3.8) is 0 Å². The van der Waals surface area contributed by atoms with Crippen LogP contribution in [-0.2, 0) is 6.54 Å². The van der Waals surface area contributed by atoms with Gasteiger partial charge in [-0.05, 0) is 55.2 Å². The molecule has 1 amide bonds. The molecule has 2 heterocycles. The number of carbonyl (C=O) groups is 1. The minimum atomic E-state index is -0.298. The maximum absolute atomic E-state index is 13.5. The third kappa shape index (κ3) is 5.05. The number of rotatable bonds is 7. The van der Waals surface area contributed by atoms with Crippen molar-refractivity contribution in [1.29, 1.82) is 0 Å². The predicted molar refractivity (Wildman–Crippen MR) is 114 cm³/mol. The quantitative estimate of drug-likeness (QED) is 0.568. The fourth-order valence-corrected chi connectivity index (χ4v) is 4.81. The van der Waals surface area contributed by atoms with E-state index >= 15 is 0 Å². The van der Waals surface area contributed by atoms with E-state index in [1.165, 1.54) is 44.2 Å². The van der Waals surface area contributed by atoms with Gasteiger partial charge in [-0.2, -0.15) is 0 Å². The number of aromatic nitrogens is 4. The van der Waals surface area contributed by atoms with Crippen LogP contribution in [0.3, 0.4) is 0 Å². The molecule has 0 spiro atoms. The summed E-state index contributed by atoms with van der Waals surface area (Å²) in [6.07, 6.45) is 8.00. The van der Waals surface area contributed by atoms with Crippen molar-refractivity contribution in [3.05, 3.63) is 66.0 Å². The van der Waals surface area contributed by atoms with Gasteiger partial charge in [0, 0.05) is 17.6 Å². The molecule has 1 aliphatic carbocycles. The second-order valence-corrected chi connectivity index (χ2v) is 8.41. The van der Waals surface area contributed by atoms with Gasteiger partial charge in [-0.1, -0.05) is 37.1 Å². The van der Waals surface area contributed by atoms with Crippen LogP contribution in [0, 0.1) is 11.7 Å². The van der Waals surface area contributed by atoms with E-state index in [4.69, 9.17) is 0 Å². The second kappa shape index (κ2) is 9.84. The summed E-state index contributed by atoms with van der Waals surface area (Å²) in [5.74, 6) is 1.69. The zero-order chi connectivity index (χ0) is 20.8. The lowest BCUT2D eigenvalue weighted by Gasteiger charge is -2.20. The average Bonchev–Trinajstić information content (AvgIpc) is 3.20. The van der Waals surface area contributed by atoms with Crippen molar-refractivity contribution >= 4 is 17.7 Å². The van der Waals surface area contributed by atoms with E-state index in [9.17, 15) is 9.18 Å². The van der Waals surface area contributed by atoms with Crippen LogP contribution in [0.5, 0.6) is 0 Å². The van der Waals surface area contributed by atoms with Crippen LogP contribution >= 0.6 is 11.8 Å². The Bertz CT molecular complexity index is 971. The first kappa shape index (κ1) is 20.5. The molecule has 156 valence electrons. The number of hydrogen-bond acceptors (Lipinski definition) is 5. The van der Waals surface area contributed by atoms with Crippen molar-refractivity contribution in [1.82, 2.24) is 25.1 Å². The van der Waals surface area contributed by atoms with Crippen molar-refractivity contribution < 1.29 is 9.18 Å². The van der Waals surface area contributed by atoms with Crippen molar-refractivity contribution in [2.45, 2.75) is 43.8 Å². The lowest BCUT2D eigenvalue weighted by atomic mass is 9.91. The molecule has 4 rings (SSSR count). The molecule has 0 bridgehead atoms. The molecule has 1 fully saturated rings. The fraction of sp³-hybridized carbons (Fsp3) is 0.364. The highest BCUT2D eigenvalue weighted by molar-refractivity contribution is 7.99. The summed E-state index contributed by atoms with van der Waals surface area (Å²) in [5.41, 5.74) is 1.12. The molecule has 1 aromatic carbocycles. The summed E-state index contributed by atoms with van der Waals surface area (Å²) in [6, 6.07) is 11.4. The highest BCUT2D eigenvalue weighted by atomic mass is 32.2. The Morgan fingerprint density at radius 1 is 1.10 bits per heavy atom. The van der Waals surface area contributed by atoms with Crippen LogP contribution in [-0.4, -0.2) is 31.4 Å². The van der Waals surface area contributed by atoms with E-state index in [1.807, 2.05) is 4.57 Å². The average molecular weight is 426 g/mol. The molecule has 0 radical (unpaired) electrons. The molecule has 8 heteroatoms. The highest BCUT2D eigenvalue weighted by Gasteiger charge is 2.19. The fourth-order valence-electron chi connectivity index (χ4n) is 3.65. The first-order valence-electron chi connectivity index (χ1n) is 10.2. The van der Waals surface area contributed by atoms with Crippen molar-refractivity contribution in [2.24, 2.45) is 5.92 Å². The van der Waals surface area contributed by atoms with Crippen LogP contribution in [0.2, 0.25) is 0 Å². The third-order valence-corrected chi connectivity index (χ3v) is 6.42. The minimum absolute atomic E-state index is 0.198. The largest absolute Gasteiger partial charge is 0.343 e. The SMILES string of the molecule is O=C(NCc1nnc(SCC2CCCCC2)n1-c1ccc(F)cc1)c1ccccn1. The standard InChI is InChI=1S/C22H24FN5OS/c23-17-9-11-18(12-10-17)28-20(14-25-21(29)19-8-4-5-13-24-19)26-27-22(28)30-15-16-6-2-1-3-7-16/h4-5,8-13,16H,1-3,6-7,14-15H2,(H,25,29). The molecule has 1 N–H and O–H groups in total. The molecule has 1 aliphatic rings. The normalized spacial score (nSPS) is 14.6. The number of thioether (sulfide) groups is 1. The lowest BCUT2D eigenvalue weighted by Crippen LogP contribution is -2.25. The smallest absolute Gasteiger partial charge is 0.270 e. The summed E-state index contributed by atoms with van der Waals surface area (Å²) in [5, 5.41) is 12.3. The van der Waals surface area contributed by atoms with Gasteiger partial charge in [0.25, 0.3) is 5.91 Å². The number of pyridine rings is 1. The topological polar surface area (TPSA) is 72.7 Å². The van der Waals surface area contributed by atoms with Gasteiger partial charge in [0.05, 0.1) is 6.54 Å². The first-order valence-corrected chi connectivity index (χ1v) is 11.2. The van der Waals surface area contributed by atoms with Gasteiger partial charge in [-0.3, -0.25) is 14.3 Å². The number of nitrogens with one attached hydrogen (secondary N) is 1. The predicted octanol–water partition coefficient (Wildman–Crippen LogP) is 4.40. The van der Waals surface area contributed by atoms with E-state index in [0.29, 0.717) is 17.4 Å². The Morgan fingerprint density at radius 3 is 2.63 bits per heavy atom. The first-order chi connectivity index (χ1) is 14.7. The summed E-state index contributed by atoms with van der Waals surface area (Å²) >= 11 is 1.67. The zero-order valence-corrected chi connectivity index (χ0v) is 17.4. The highest BCUT2D eigenvalue weighted by Crippen LogP contribution is 2.30. The summed E-state index contributed by atoms with van der Waals surface area (Å²) in [4.78, 5) is 16.4. The molecular formula is C22H24FN5OS. The summed E-state index contributed by atoms with van der Waals surface area (Å²) < 4.78 is 15.3. The summed E-state index contributed by atoms with van der Waals surface area (Å²) in [7, 11) is 0. The van der Waals surface area contributed by atoms with E-state index < -0.39 is 0 Å². The maximum Gasteiger partial charge on any atom is 0.270 e. The van der Waals surface area contributed by atoms with Gasteiger partial charge >= 0.3 is 0 Å². The zero-order valence-electron chi connectivity index (χ0n) is 16.6. The maximum atomic E-state index is 13.5. The molecule has 6 nitrogen and oxygen atoms in total. The molecular weight excluding hydrogens is 401 g/mol. The van der Waals surface area contributed by atoms with Crippen LogP contribution in [0.4, 0.5) is 4.39 Å². The van der Waals surface area contributed by atoms with Gasteiger partial charge in [0.15, 0.2) is 11.0 Å². The van der Waals surface area contributed by atoms with Gasteiger partial charge in [0.2, 0.25) is 0 Å². The number of nitrogens with zero attached hydrogens (tertiary/aromatic N) is 4. The number of halogens is 1. The Labute approximate surface area is 179 Å². The van der Waals surface area contributed by atoms with Crippen LogP contribution in [0.1, 0.15) is 48.4 Å². The Balaban J connectivity index is 1.52. The molecule has 0 saturated heterocycles. The minimum Gasteiger partial charge on any atom is -0.343 e. The Hall–Kier alpha value is -2.74. The number of carbonyl (C=O) groups excluding carboxylic acids is 1. The number of benzene rings is 1.